The van der Waals surface area contributed by atoms with Gasteiger partial charge in [-0.05, 0) is 49.2 Å². The van der Waals surface area contributed by atoms with Gasteiger partial charge in [-0.3, -0.25) is 4.79 Å². The van der Waals surface area contributed by atoms with E-state index < -0.39 is 0 Å². The lowest BCUT2D eigenvalue weighted by molar-refractivity contribution is -0.148. The molecule has 3 rings (SSSR count). The fraction of sp³-hybridized carbons (Fsp3) is 0.350. The van der Waals surface area contributed by atoms with Crippen molar-refractivity contribution in [3.05, 3.63) is 46.5 Å². The lowest BCUT2D eigenvalue weighted by Gasteiger charge is -2.11. The number of hydrogen-bond donors (Lipinski definition) is 0. The molecule has 0 atom stereocenters. The van der Waals surface area contributed by atoms with Crippen molar-refractivity contribution < 1.29 is 9.53 Å². The molecule has 0 fully saturated rings. The van der Waals surface area contributed by atoms with Crippen LogP contribution in [0.3, 0.4) is 0 Å². The average Bonchev–Trinajstić information content (AvgIpc) is 2.87. The van der Waals surface area contributed by atoms with Crippen LogP contribution in [0.4, 0.5) is 0 Å². The van der Waals surface area contributed by atoms with E-state index >= 15 is 0 Å². The Morgan fingerprint density at radius 1 is 1.21 bits per heavy atom. The minimum Gasteiger partial charge on any atom is -0.461 e. The van der Waals surface area contributed by atoms with Crippen molar-refractivity contribution in [2.24, 2.45) is 5.92 Å². The molecule has 0 spiro atoms. The van der Waals surface area contributed by atoms with Gasteiger partial charge >= 0.3 is 5.97 Å². The Hall–Kier alpha value is -2.00. The van der Waals surface area contributed by atoms with Crippen LogP contribution in [0.5, 0.6) is 0 Å². The van der Waals surface area contributed by atoms with Gasteiger partial charge in [0.1, 0.15) is 6.61 Å². The van der Waals surface area contributed by atoms with Crippen molar-refractivity contribution in [3.8, 4) is 0 Å². The summed E-state index contributed by atoms with van der Waals surface area (Å²) in [5.74, 6) is -0.289. The minimum atomic E-state index is -0.173. The number of benzene rings is 2. The maximum Gasteiger partial charge on any atom is 0.308 e. The fourth-order valence-corrected chi connectivity index (χ4v) is 3.36. The molecule has 0 aliphatic heterocycles. The number of aromatic nitrogens is 1. The van der Waals surface area contributed by atoms with Crippen molar-refractivity contribution in [2.75, 3.05) is 0 Å². The van der Waals surface area contributed by atoms with E-state index in [0.29, 0.717) is 6.61 Å². The van der Waals surface area contributed by atoms with Crippen LogP contribution in [0.15, 0.2) is 30.3 Å². The number of esters is 1. The summed E-state index contributed by atoms with van der Waals surface area (Å²) in [7, 11) is 0. The van der Waals surface area contributed by atoms with Crippen molar-refractivity contribution in [3.63, 3.8) is 0 Å². The molecule has 0 bridgehead atoms. The Morgan fingerprint density at radius 2 is 1.92 bits per heavy atom. The molecule has 0 amide bonds. The second-order valence-corrected chi connectivity index (χ2v) is 6.85. The van der Waals surface area contributed by atoms with E-state index in [9.17, 15) is 4.79 Å². The average molecular weight is 344 g/mol. The van der Waals surface area contributed by atoms with Gasteiger partial charge in [0.2, 0.25) is 0 Å². The van der Waals surface area contributed by atoms with E-state index in [0.717, 1.165) is 28.1 Å². The molecule has 0 N–H and O–H groups in total. The topological polar surface area (TPSA) is 31.2 Å². The lowest BCUT2D eigenvalue weighted by atomic mass is 10.0. The molecular weight excluding hydrogens is 322 g/mol. The molecule has 3 nitrogen and oxygen atoms in total. The highest BCUT2D eigenvalue weighted by Crippen LogP contribution is 2.34. The van der Waals surface area contributed by atoms with Gasteiger partial charge in [-0.25, -0.2) is 0 Å². The standard InChI is InChI=1S/C20H22ClNO2/c1-5-22-17-9-7-15(21)10-16(17)19-13(4)14(6-8-18(19)22)11-24-20(23)12(2)3/h6-10,12H,5,11H2,1-4H3. The zero-order valence-electron chi connectivity index (χ0n) is 14.5. The molecule has 4 heteroatoms. The second kappa shape index (κ2) is 6.48. The Labute approximate surface area is 147 Å². The van der Waals surface area contributed by atoms with Gasteiger partial charge < -0.3 is 9.30 Å². The van der Waals surface area contributed by atoms with Crippen molar-refractivity contribution >= 4 is 39.4 Å². The molecule has 0 saturated heterocycles. The Balaban J connectivity index is 2.15. The predicted molar refractivity (Wildman–Crippen MR) is 99.5 cm³/mol. The molecule has 0 radical (unpaired) electrons. The van der Waals surface area contributed by atoms with Crippen LogP contribution in [-0.4, -0.2) is 10.5 Å². The van der Waals surface area contributed by atoms with Crippen LogP contribution < -0.4 is 0 Å². The van der Waals surface area contributed by atoms with Crippen LogP contribution in [0, 0.1) is 12.8 Å². The summed E-state index contributed by atoms with van der Waals surface area (Å²) in [5, 5.41) is 3.06. The molecule has 3 aromatic rings. The maximum absolute atomic E-state index is 11.8. The lowest BCUT2D eigenvalue weighted by Crippen LogP contribution is -2.11. The van der Waals surface area contributed by atoms with E-state index in [-0.39, 0.29) is 11.9 Å². The highest BCUT2D eigenvalue weighted by Gasteiger charge is 2.15. The molecule has 1 aromatic heterocycles. The summed E-state index contributed by atoms with van der Waals surface area (Å²) < 4.78 is 7.71. The number of halogens is 1. The molecule has 24 heavy (non-hydrogen) atoms. The van der Waals surface area contributed by atoms with Gasteiger partial charge in [-0.2, -0.15) is 0 Å². The first-order valence-electron chi connectivity index (χ1n) is 8.30. The molecule has 126 valence electrons. The van der Waals surface area contributed by atoms with E-state index in [1.807, 2.05) is 26.0 Å². The summed E-state index contributed by atoms with van der Waals surface area (Å²) in [6.45, 7) is 9.10. The quantitative estimate of drug-likeness (QED) is 0.588. The molecule has 1 heterocycles. The molecule has 0 aliphatic rings. The summed E-state index contributed by atoms with van der Waals surface area (Å²) in [5.41, 5.74) is 4.54. The van der Waals surface area contributed by atoms with Crippen molar-refractivity contribution in [1.82, 2.24) is 4.57 Å². The highest BCUT2D eigenvalue weighted by atomic mass is 35.5. The van der Waals surface area contributed by atoms with Crippen LogP contribution in [-0.2, 0) is 22.7 Å². The molecule has 0 saturated carbocycles. The van der Waals surface area contributed by atoms with E-state index in [4.69, 9.17) is 16.3 Å². The summed E-state index contributed by atoms with van der Waals surface area (Å²) in [6.07, 6.45) is 0. The Kier molecular flexibility index (Phi) is 4.55. The van der Waals surface area contributed by atoms with Gasteiger partial charge in [0.25, 0.3) is 0 Å². The third-order valence-electron chi connectivity index (χ3n) is 4.52. The molecular formula is C20H22ClNO2. The van der Waals surface area contributed by atoms with Crippen molar-refractivity contribution in [1.29, 1.82) is 0 Å². The van der Waals surface area contributed by atoms with Gasteiger partial charge in [0.15, 0.2) is 0 Å². The van der Waals surface area contributed by atoms with Gasteiger partial charge in [0.05, 0.1) is 5.92 Å². The predicted octanol–water partition coefficient (Wildman–Crippen LogP) is 5.48. The highest BCUT2D eigenvalue weighted by molar-refractivity contribution is 6.32. The van der Waals surface area contributed by atoms with Crippen LogP contribution >= 0.6 is 11.6 Å². The zero-order valence-corrected chi connectivity index (χ0v) is 15.3. The van der Waals surface area contributed by atoms with Gasteiger partial charge in [0, 0.05) is 33.4 Å². The molecule has 0 aliphatic carbocycles. The number of rotatable bonds is 4. The number of fused-ring (bicyclic) bond motifs is 3. The normalized spacial score (nSPS) is 11.6. The largest absolute Gasteiger partial charge is 0.461 e. The summed E-state index contributed by atoms with van der Waals surface area (Å²) in [4.78, 5) is 11.8. The third kappa shape index (κ3) is 2.78. The first-order valence-corrected chi connectivity index (χ1v) is 8.68. The smallest absolute Gasteiger partial charge is 0.308 e. The maximum atomic E-state index is 11.8. The summed E-state index contributed by atoms with van der Waals surface area (Å²) in [6, 6.07) is 10.2. The van der Waals surface area contributed by atoms with Crippen LogP contribution in [0.25, 0.3) is 21.8 Å². The fourth-order valence-electron chi connectivity index (χ4n) is 3.19. The van der Waals surface area contributed by atoms with Crippen LogP contribution in [0.2, 0.25) is 5.02 Å². The number of hydrogen-bond acceptors (Lipinski definition) is 2. The van der Waals surface area contributed by atoms with E-state index in [1.165, 1.54) is 16.4 Å². The monoisotopic (exact) mass is 343 g/mol. The van der Waals surface area contributed by atoms with Crippen molar-refractivity contribution in [2.45, 2.75) is 40.8 Å². The number of carbonyl (C=O) groups excluding carboxylic acids is 1. The minimum absolute atomic E-state index is 0.116. The third-order valence-corrected chi connectivity index (χ3v) is 4.76. The van der Waals surface area contributed by atoms with Gasteiger partial charge in [-0.1, -0.05) is 31.5 Å². The van der Waals surface area contributed by atoms with Crippen LogP contribution in [0.1, 0.15) is 31.9 Å². The first-order chi connectivity index (χ1) is 11.4. The summed E-state index contributed by atoms with van der Waals surface area (Å²) >= 11 is 6.22. The number of carbonyl (C=O) groups is 1. The molecule has 0 unspecified atom stereocenters. The second-order valence-electron chi connectivity index (χ2n) is 6.41. The van der Waals surface area contributed by atoms with Gasteiger partial charge in [-0.15, -0.1) is 0 Å². The number of ether oxygens (including phenoxy) is 1. The van der Waals surface area contributed by atoms with E-state index in [2.05, 4.69) is 36.6 Å². The number of aryl methyl sites for hydroxylation is 2. The number of nitrogens with zero attached hydrogens (tertiary/aromatic N) is 1. The first kappa shape index (κ1) is 16.8. The zero-order chi connectivity index (χ0) is 17.4. The van der Waals surface area contributed by atoms with E-state index in [1.54, 1.807) is 0 Å². The Morgan fingerprint density at radius 3 is 2.58 bits per heavy atom. The Bertz CT molecular complexity index is 924. The molecule has 2 aromatic carbocycles. The SMILES string of the molecule is CCn1c2ccc(Cl)cc2c2c(C)c(COC(=O)C(C)C)ccc21.